The van der Waals surface area contributed by atoms with E-state index in [9.17, 15) is 4.79 Å². The lowest BCUT2D eigenvalue weighted by molar-refractivity contribution is 0.125. The third-order valence-corrected chi connectivity index (χ3v) is 1.85. The first-order chi connectivity index (χ1) is 7.24. The summed E-state index contributed by atoms with van der Waals surface area (Å²) in [6.45, 7) is 4.89. The molecular weight excluding hydrogens is 200 g/mol. The topological polar surface area (TPSA) is 89.2 Å². The third kappa shape index (κ3) is 4.03. The van der Waals surface area contributed by atoms with Gasteiger partial charge < -0.3 is 25.5 Å². The third-order valence-electron chi connectivity index (χ3n) is 1.85. The maximum absolute atomic E-state index is 11.4. The lowest BCUT2D eigenvalue weighted by Gasteiger charge is -2.25. The van der Waals surface area contributed by atoms with E-state index in [0.29, 0.717) is 19.7 Å². The van der Waals surface area contributed by atoms with Crippen LogP contribution in [0.5, 0.6) is 0 Å². The summed E-state index contributed by atoms with van der Waals surface area (Å²) in [7, 11) is 0. The Morgan fingerprint density at radius 3 is 2.80 bits per heavy atom. The zero-order chi connectivity index (χ0) is 11.1. The second-order valence-corrected chi connectivity index (χ2v) is 2.95. The summed E-state index contributed by atoms with van der Waals surface area (Å²) in [5.41, 5.74) is 5.31. The predicted molar refractivity (Wildman–Crippen MR) is 54.2 cm³/mol. The van der Waals surface area contributed by atoms with Gasteiger partial charge in [-0.05, 0) is 12.1 Å². The minimum atomic E-state index is -0.488. The number of rotatable bonds is 2. The van der Waals surface area contributed by atoms with E-state index in [-0.39, 0.29) is 6.02 Å². The minimum Gasteiger partial charge on any atom is -0.392 e. The fourth-order valence-corrected chi connectivity index (χ4v) is 1.15. The summed E-state index contributed by atoms with van der Waals surface area (Å²) in [6.07, 6.45) is -0.488. The Kier molecular flexibility index (Phi) is 4.69. The number of carbonyl (C=O) groups is 1. The normalized spacial score (nSPS) is 17.4. The number of hydrogen-bond acceptors (Lipinski definition) is 5. The number of nitrogens with two attached hydrogens (primary N) is 1. The zero-order valence-electron chi connectivity index (χ0n) is 8.73. The molecule has 1 heterocycles. The first-order valence-corrected chi connectivity index (χ1v) is 4.87. The SMILES string of the molecule is CCON=C(N)OC(=O)N1CCNCC1. The van der Waals surface area contributed by atoms with Gasteiger partial charge in [0.1, 0.15) is 6.61 Å². The number of piperazine rings is 1. The molecule has 7 nitrogen and oxygen atoms in total. The van der Waals surface area contributed by atoms with Crippen LogP contribution in [-0.4, -0.2) is 49.8 Å². The van der Waals surface area contributed by atoms with Gasteiger partial charge in [-0.3, -0.25) is 0 Å². The van der Waals surface area contributed by atoms with E-state index in [1.165, 1.54) is 0 Å². The van der Waals surface area contributed by atoms with Crippen LogP contribution in [0.1, 0.15) is 6.92 Å². The van der Waals surface area contributed by atoms with Crippen molar-refractivity contribution in [1.29, 1.82) is 0 Å². The second kappa shape index (κ2) is 6.07. The molecule has 0 spiro atoms. The van der Waals surface area contributed by atoms with E-state index >= 15 is 0 Å². The molecule has 0 unspecified atom stereocenters. The Balaban J connectivity index is 2.33. The standard InChI is InChI=1S/C8H16N4O3/c1-2-14-11-7(9)15-8(13)12-5-3-10-4-6-12/h10H,2-6H2,1H3,(H2,9,11). The smallest absolute Gasteiger partial charge is 0.392 e. The molecule has 0 radical (unpaired) electrons. The Morgan fingerprint density at radius 2 is 2.20 bits per heavy atom. The van der Waals surface area contributed by atoms with Crippen LogP contribution in [0.4, 0.5) is 4.79 Å². The van der Waals surface area contributed by atoms with Gasteiger partial charge in [-0.25, -0.2) is 4.79 Å². The molecule has 1 fully saturated rings. The van der Waals surface area contributed by atoms with E-state index < -0.39 is 6.09 Å². The zero-order valence-corrected chi connectivity index (χ0v) is 8.73. The summed E-state index contributed by atoms with van der Waals surface area (Å²) >= 11 is 0. The maximum Gasteiger partial charge on any atom is 0.417 e. The molecule has 3 N–H and O–H groups in total. The molecule has 0 aromatic heterocycles. The lowest BCUT2D eigenvalue weighted by atomic mass is 10.4. The molecule has 1 amide bonds. The van der Waals surface area contributed by atoms with Crippen molar-refractivity contribution in [1.82, 2.24) is 10.2 Å². The molecule has 0 bridgehead atoms. The quantitative estimate of drug-likeness (QED) is 0.362. The van der Waals surface area contributed by atoms with Crippen LogP contribution >= 0.6 is 0 Å². The highest BCUT2D eigenvalue weighted by atomic mass is 16.7. The monoisotopic (exact) mass is 216 g/mol. The van der Waals surface area contributed by atoms with Crippen molar-refractivity contribution in [3.63, 3.8) is 0 Å². The van der Waals surface area contributed by atoms with Crippen LogP contribution in [0, 0.1) is 0 Å². The van der Waals surface area contributed by atoms with Crippen molar-refractivity contribution in [3.05, 3.63) is 0 Å². The van der Waals surface area contributed by atoms with E-state index in [1.54, 1.807) is 11.8 Å². The summed E-state index contributed by atoms with van der Waals surface area (Å²) in [5.74, 6) is 0. The second-order valence-electron chi connectivity index (χ2n) is 2.95. The van der Waals surface area contributed by atoms with Crippen LogP contribution < -0.4 is 11.1 Å². The number of nitrogens with one attached hydrogen (secondary N) is 1. The van der Waals surface area contributed by atoms with E-state index in [0.717, 1.165) is 13.1 Å². The van der Waals surface area contributed by atoms with Crippen molar-refractivity contribution >= 4 is 12.1 Å². The summed E-state index contributed by atoms with van der Waals surface area (Å²) in [6, 6.07) is -0.264. The molecule has 0 saturated carbocycles. The molecule has 1 aliphatic rings. The highest BCUT2D eigenvalue weighted by Gasteiger charge is 2.18. The molecule has 1 rings (SSSR count). The van der Waals surface area contributed by atoms with E-state index in [4.69, 9.17) is 10.5 Å². The largest absolute Gasteiger partial charge is 0.417 e. The van der Waals surface area contributed by atoms with Gasteiger partial charge in [-0.1, -0.05) is 0 Å². The Hall–Kier alpha value is -1.50. The average Bonchev–Trinajstić information content (AvgIpc) is 2.27. The van der Waals surface area contributed by atoms with E-state index in [1.807, 2.05) is 0 Å². The first kappa shape index (κ1) is 11.6. The predicted octanol–water partition coefficient (Wildman–Crippen LogP) is -0.706. The molecule has 86 valence electrons. The van der Waals surface area contributed by atoms with Gasteiger partial charge in [0.2, 0.25) is 0 Å². The van der Waals surface area contributed by atoms with Gasteiger partial charge in [-0.15, -0.1) is 0 Å². The summed E-state index contributed by atoms with van der Waals surface area (Å²) in [4.78, 5) is 17.6. The maximum atomic E-state index is 11.4. The van der Waals surface area contributed by atoms with Crippen LogP contribution in [0.15, 0.2) is 5.16 Å². The number of ether oxygens (including phenoxy) is 1. The molecule has 7 heteroatoms. The van der Waals surface area contributed by atoms with E-state index in [2.05, 4.69) is 15.3 Å². The van der Waals surface area contributed by atoms with Gasteiger partial charge in [0.25, 0.3) is 0 Å². The molecule has 0 aromatic rings. The van der Waals surface area contributed by atoms with Gasteiger partial charge in [-0.2, -0.15) is 0 Å². The Morgan fingerprint density at radius 1 is 1.53 bits per heavy atom. The van der Waals surface area contributed by atoms with Crippen LogP contribution in [0.3, 0.4) is 0 Å². The highest BCUT2D eigenvalue weighted by Crippen LogP contribution is 1.96. The molecule has 0 aliphatic carbocycles. The van der Waals surface area contributed by atoms with Crippen molar-refractivity contribution < 1.29 is 14.4 Å². The molecule has 0 atom stereocenters. The van der Waals surface area contributed by atoms with Crippen molar-refractivity contribution in [2.45, 2.75) is 6.92 Å². The fraction of sp³-hybridized carbons (Fsp3) is 0.750. The van der Waals surface area contributed by atoms with Crippen LogP contribution in [-0.2, 0) is 9.57 Å². The number of nitrogens with zero attached hydrogens (tertiary/aromatic N) is 2. The number of hydrogen-bond donors (Lipinski definition) is 2. The van der Waals surface area contributed by atoms with Crippen LogP contribution in [0.25, 0.3) is 0 Å². The van der Waals surface area contributed by atoms with Crippen molar-refractivity contribution in [2.75, 3.05) is 32.8 Å². The van der Waals surface area contributed by atoms with Gasteiger partial charge >= 0.3 is 12.1 Å². The fourth-order valence-electron chi connectivity index (χ4n) is 1.15. The average molecular weight is 216 g/mol. The number of amidine groups is 1. The van der Waals surface area contributed by atoms with Crippen molar-refractivity contribution in [3.8, 4) is 0 Å². The summed E-state index contributed by atoms with van der Waals surface area (Å²) < 4.78 is 4.75. The molecule has 0 aromatic carbocycles. The molecule has 15 heavy (non-hydrogen) atoms. The number of carbonyl (C=O) groups excluding carboxylic acids is 1. The number of amides is 1. The van der Waals surface area contributed by atoms with Crippen molar-refractivity contribution in [2.24, 2.45) is 10.9 Å². The summed E-state index contributed by atoms with van der Waals surface area (Å²) in [5, 5.41) is 6.51. The lowest BCUT2D eigenvalue weighted by Crippen LogP contribution is -2.47. The first-order valence-electron chi connectivity index (χ1n) is 4.87. The molecule has 1 aliphatic heterocycles. The van der Waals surface area contributed by atoms with Gasteiger partial charge in [0, 0.05) is 26.2 Å². The van der Waals surface area contributed by atoms with Crippen LogP contribution in [0.2, 0.25) is 0 Å². The minimum absolute atomic E-state index is 0.264. The highest BCUT2D eigenvalue weighted by molar-refractivity contribution is 5.85. The molecular formula is C8H16N4O3. The Labute approximate surface area is 88.2 Å². The molecule has 1 saturated heterocycles. The van der Waals surface area contributed by atoms with Gasteiger partial charge in [0.15, 0.2) is 0 Å². The number of oxime groups is 1. The van der Waals surface area contributed by atoms with Gasteiger partial charge in [0.05, 0.1) is 0 Å². The Bertz CT molecular complexity index is 238.